The van der Waals surface area contributed by atoms with Crippen LogP contribution in [-0.4, -0.2) is 16.1 Å². The minimum atomic E-state index is 0.422. The number of hydrogen-bond donors (Lipinski definition) is 2. The van der Waals surface area contributed by atoms with Gasteiger partial charge in [0.25, 0.3) is 0 Å². The molecule has 18 heavy (non-hydrogen) atoms. The number of rotatable bonds is 1. The third kappa shape index (κ3) is 1.87. The highest BCUT2D eigenvalue weighted by molar-refractivity contribution is 6.36. The molecule has 1 aliphatic rings. The van der Waals surface area contributed by atoms with Crippen molar-refractivity contribution in [2.45, 2.75) is 6.54 Å². The summed E-state index contributed by atoms with van der Waals surface area (Å²) >= 11 is 12.0. The number of nitrogens with one attached hydrogen (secondary N) is 2. The van der Waals surface area contributed by atoms with Crippen molar-refractivity contribution < 1.29 is 0 Å². The van der Waals surface area contributed by atoms with E-state index < -0.39 is 0 Å². The van der Waals surface area contributed by atoms with Gasteiger partial charge in [-0.1, -0.05) is 23.2 Å². The maximum atomic E-state index is 7.97. The number of anilines is 1. The molecule has 1 aromatic carbocycles. The summed E-state index contributed by atoms with van der Waals surface area (Å²) in [7, 11) is 0. The summed E-state index contributed by atoms with van der Waals surface area (Å²) in [5, 5.41) is 12.2. The molecule has 2 aromatic rings. The van der Waals surface area contributed by atoms with E-state index in [-0.39, 0.29) is 0 Å². The summed E-state index contributed by atoms with van der Waals surface area (Å²) in [6.07, 6.45) is 0. The Labute approximate surface area is 114 Å². The van der Waals surface area contributed by atoms with Crippen LogP contribution >= 0.6 is 23.2 Å². The lowest BCUT2D eigenvalue weighted by atomic mass is 10.1. The van der Waals surface area contributed by atoms with E-state index in [1.165, 1.54) is 0 Å². The standard InChI is InChI=1S/C12H10Cl2N4/c13-7-1-2-8(9(14)5-7)10-6-11(15)18-4-3-16-12(18)17-10/h1-2,5-6,15H,3-4H2,(H,16,17). The zero-order valence-electron chi connectivity index (χ0n) is 9.37. The average Bonchev–Trinajstić information content (AvgIpc) is 2.77. The molecule has 0 amide bonds. The quantitative estimate of drug-likeness (QED) is 0.844. The van der Waals surface area contributed by atoms with Gasteiger partial charge in [0.1, 0.15) is 5.49 Å². The summed E-state index contributed by atoms with van der Waals surface area (Å²) in [6.45, 7) is 1.58. The van der Waals surface area contributed by atoms with E-state index in [1.54, 1.807) is 18.2 Å². The molecule has 2 heterocycles. The van der Waals surface area contributed by atoms with Gasteiger partial charge in [-0.05, 0) is 18.2 Å². The highest BCUT2D eigenvalue weighted by Crippen LogP contribution is 2.29. The van der Waals surface area contributed by atoms with Crippen LogP contribution in [0, 0.1) is 5.41 Å². The van der Waals surface area contributed by atoms with Crippen LogP contribution in [0.2, 0.25) is 10.0 Å². The van der Waals surface area contributed by atoms with Gasteiger partial charge in [-0.3, -0.25) is 9.98 Å². The van der Waals surface area contributed by atoms with Gasteiger partial charge < -0.3 is 5.32 Å². The summed E-state index contributed by atoms with van der Waals surface area (Å²) in [5.41, 5.74) is 1.89. The molecular formula is C12H10Cl2N4. The first kappa shape index (κ1) is 11.6. The number of benzene rings is 1. The maximum absolute atomic E-state index is 7.97. The fourth-order valence-electron chi connectivity index (χ4n) is 2.00. The highest BCUT2D eigenvalue weighted by Gasteiger charge is 2.14. The molecule has 4 nitrogen and oxygen atoms in total. The van der Waals surface area contributed by atoms with E-state index in [2.05, 4.69) is 10.3 Å². The second-order valence-electron chi connectivity index (χ2n) is 4.05. The van der Waals surface area contributed by atoms with Gasteiger partial charge in [0.05, 0.1) is 10.7 Å². The molecule has 3 rings (SSSR count). The summed E-state index contributed by atoms with van der Waals surface area (Å²) in [4.78, 5) is 4.48. The lowest BCUT2D eigenvalue weighted by Crippen LogP contribution is -2.18. The van der Waals surface area contributed by atoms with E-state index in [9.17, 15) is 0 Å². The van der Waals surface area contributed by atoms with E-state index in [0.717, 1.165) is 18.7 Å². The van der Waals surface area contributed by atoms with Gasteiger partial charge in [-0.2, -0.15) is 0 Å². The average molecular weight is 281 g/mol. The van der Waals surface area contributed by atoms with Gasteiger partial charge in [0.15, 0.2) is 0 Å². The van der Waals surface area contributed by atoms with E-state index in [0.29, 0.717) is 27.2 Å². The molecule has 0 spiro atoms. The molecule has 1 aromatic heterocycles. The highest BCUT2D eigenvalue weighted by atomic mass is 35.5. The van der Waals surface area contributed by atoms with Crippen molar-refractivity contribution in [1.29, 1.82) is 5.41 Å². The van der Waals surface area contributed by atoms with Gasteiger partial charge in [0, 0.05) is 29.7 Å². The van der Waals surface area contributed by atoms with Gasteiger partial charge in [0.2, 0.25) is 5.95 Å². The van der Waals surface area contributed by atoms with Crippen molar-refractivity contribution in [1.82, 2.24) is 9.55 Å². The third-order valence-electron chi connectivity index (χ3n) is 2.87. The van der Waals surface area contributed by atoms with E-state index in [4.69, 9.17) is 28.6 Å². The molecule has 2 N–H and O–H groups in total. The monoisotopic (exact) mass is 280 g/mol. The fourth-order valence-corrected chi connectivity index (χ4v) is 2.51. The summed E-state index contributed by atoms with van der Waals surface area (Å²) in [5.74, 6) is 0.712. The van der Waals surface area contributed by atoms with E-state index in [1.807, 2.05) is 10.6 Å². The molecule has 0 unspecified atom stereocenters. The molecule has 0 bridgehead atoms. The molecule has 0 saturated carbocycles. The molecule has 0 saturated heterocycles. The topological polar surface area (TPSA) is 53.7 Å². The van der Waals surface area contributed by atoms with Crippen LogP contribution in [-0.2, 0) is 6.54 Å². The fraction of sp³-hybridized carbons (Fsp3) is 0.167. The molecule has 1 aliphatic heterocycles. The first-order chi connectivity index (χ1) is 8.65. The van der Waals surface area contributed by atoms with Crippen LogP contribution in [0.15, 0.2) is 24.3 Å². The zero-order valence-corrected chi connectivity index (χ0v) is 10.9. The van der Waals surface area contributed by atoms with Gasteiger partial charge in [-0.25, -0.2) is 4.98 Å². The minimum Gasteiger partial charge on any atom is -0.354 e. The van der Waals surface area contributed by atoms with Crippen molar-refractivity contribution in [3.8, 4) is 11.3 Å². The number of hydrogen-bond acceptors (Lipinski definition) is 3. The molecule has 92 valence electrons. The van der Waals surface area contributed by atoms with Crippen LogP contribution in [0.3, 0.4) is 0 Å². The summed E-state index contributed by atoms with van der Waals surface area (Å²) in [6, 6.07) is 6.98. The van der Waals surface area contributed by atoms with Crippen molar-refractivity contribution in [2.24, 2.45) is 0 Å². The molecular weight excluding hydrogens is 271 g/mol. The smallest absolute Gasteiger partial charge is 0.205 e. The van der Waals surface area contributed by atoms with Crippen LogP contribution < -0.4 is 10.8 Å². The Morgan fingerprint density at radius 2 is 2.11 bits per heavy atom. The predicted molar refractivity (Wildman–Crippen MR) is 72.0 cm³/mol. The number of fused-ring (bicyclic) bond motifs is 1. The van der Waals surface area contributed by atoms with Gasteiger partial charge >= 0.3 is 0 Å². The van der Waals surface area contributed by atoms with Crippen molar-refractivity contribution in [2.75, 3.05) is 11.9 Å². The number of nitrogens with zero attached hydrogens (tertiary/aromatic N) is 2. The second-order valence-corrected chi connectivity index (χ2v) is 4.90. The number of aromatic nitrogens is 2. The van der Waals surface area contributed by atoms with Crippen LogP contribution in [0.4, 0.5) is 5.95 Å². The Hall–Kier alpha value is -1.52. The molecule has 0 atom stereocenters. The van der Waals surface area contributed by atoms with Gasteiger partial charge in [-0.15, -0.1) is 0 Å². The second kappa shape index (κ2) is 4.30. The SMILES string of the molecule is N=c1cc(-c2ccc(Cl)cc2Cl)nc2n1CCN2. The van der Waals surface area contributed by atoms with Crippen molar-refractivity contribution in [3.63, 3.8) is 0 Å². The Kier molecular flexibility index (Phi) is 2.76. The van der Waals surface area contributed by atoms with Crippen LogP contribution in [0.1, 0.15) is 0 Å². The number of halogens is 2. The lowest BCUT2D eigenvalue weighted by Gasteiger charge is -2.08. The molecule has 6 heteroatoms. The van der Waals surface area contributed by atoms with Crippen molar-refractivity contribution >= 4 is 29.2 Å². The molecule has 0 aliphatic carbocycles. The maximum Gasteiger partial charge on any atom is 0.205 e. The lowest BCUT2D eigenvalue weighted by molar-refractivity contribution is 0.735. The Balaban J connectivity index is 2.18. The zero-order chi connectivity index (χ0) is 12.7. The normalized spacial score (nSPS) is 13.2. The first-order valence-electron chi connectivity index (χ1n) is 5.51. The Bertz CT molecular complexity index is 678. The van der Waals surface area contributed by atoms with Crippen molar-refractivity contribution in [3.05, 3.63) is 39.8 Å². The Morgan fingerprint density at radius 3 is 2.89 bits per heavy atom. The molecule has 0 fully saturated rings. The third-order valence-corrected chi connectivity index (χ3v) is 3.42. The van der Waals surface area contributed by atoms with Crippen LogP contribution in [0.25, 0.3) is 11.3 Å². The predicted octanol–water partition coefficient (Wildman–Crippen LogP) is 2.76. The van der Waals surface area contributed by atoms with E-state index >= 15 is 0 Å². The minimum absolute atomic E-state index is 0.422. The first-order valence-corrected chi connectivity index (χ1v) is 6.26. The molecule has 0 radical (unpaired) electrons. The summed E-state index contributed by atoms with van der Waals surface area (Å²) < 4.78 is 1.83. The Morgan fingerprint density at radius 1 is 1.28 bits per heavy atom. The van der Waals surface area contributed by atoms with Crippen LogP contribution in [0.5, 0.6) is 0 Å². The largest absolute Gasteiger partial charge is 0.354 e.